The van der Waals surface area contributed by atoms with Crippen molar-refractivity contribution < 1.29 is 0 Å². The molecule has 0 aliphatic carbocycles. The molecule has 0 spiro atoms. The van der Waals surface area contributed by atoms with Crippen LogP contribution in [0.4, 0.5) is 17.1 Å². The summed E-state index contributed by atoms with van der Waals surface area (Å²) in [5.41, 5.74) is 10.6. The Hall–Kier alpha value is -6.96. The molecule has 1 nitrogen and oxygen atoms in total. The monoisotopic (exact) mass is 673 g/mol. The zero-order valence-electron chi connectivity index (χ0n) is 29.2. The average Bonchev–Trinajstić information content (AvgIpc) is 3.24. The van der Waals surface area contributed by atoms with Crippen molar-refractivity contribution in [1.82, 2.24) is 0 Å². The average molecular weight is 674 g/mol. The van der Waals surface area contributed by atoms with Gasteiger partial charge in [-0.2, -0.15) is 0 Å². The second-order valence-corrected chi connectivity index (χ2v) is 13.7. The summed E-state index contributed by atoms with van der Waals surface area (Å²) < 4.78 is 0. The fourth-order valence-corrected chi connectivity index (χ4v) is 8.06. The molecule has 0 fully saturated rings. The van der Waals surface area contributed by atoms with E-state index < -0.39 is 0 Å². The van der Waals surface area contributed by atoms with Gasteiger partial charge in [-0.3, -0.25) is 0 Å². The molecule has 0 saturated heterocycles. The molecule has 0 amide bonds. The van der Waals surface area contributed by atoms with Gasteiger partial charge in [0.2, 0.25) is 0 Å². The fraction of sp³-hybridized carbons (Fsp3) is 0. The van der Waals surface area contributed by atoms with Crippen LogP contribution in [0, 0.1) is 0 Å². The van der Waals surface area contributed by atoms with Gasteiger partial charge in [0.05, 0.1) is 0 Å². The molecule has 10 aromatic rings. The van der Waals surface area contributed by atoms with Gasteiger partial charge >= 0.3 is 0 Å². The molecule has 0 radical (unpaired) electrons. The topological polar surface area (TPSA) is 3.24 Å². The van der Waals surface area contributed by atoms with Crippen LogP contribution >= 0.6 is 0 Å². The van der Waals surface area contributed by atoms with Gasteiger partial charge in [-0.1, -0.05) is 170 Å². The summed E-state index contributed by atoms with van der Waals surface area (Å²) in [6, 6.07) is 77.2. The molecule has 0 aromatic heterocycles. The second kappa shape index (κ2) is 13.0. The van der Waals surface area contributed by atoms with E-state index in [9.17, 15) is 0 Å². The number of anilines is 3. The van der Waals surface area contributed by atoms with Crippen LogP contribution in [0.5, 0.6) is 0 Å². The lowest BCUT2D eigenvalue weighted by Crippen LogP contribution is -2.10. The Morgan fingerprint density at radius 3 is 1.49 bits per heavy atom. The van der Waals surface area contributed by atoms with Gasteiger partial charge in [0, 0.05) is 17.1 Å². The van der Waals surface area contributed by atoms with Gasteiger partial charge in [-0.15, -0.1) is 0 Å². The van der Waals surface area contributed by atoms with Crippen molar-refractivity contribution in [1.29, 1.82) is 0 Å². The summed E-state index contributed by atoms with van der Waals surface area (Å²) in [5.74, 6) is 0. The van der Waals surface area contributed by atoms with E-state index in [0.29, 0.717) is 0 Å². The van der Waals surface area contributed by atoms with E-state index in [1.165, 1.54) is 76.5 Å². The van der Waals surface area contributed by atoms with Gasteiger partial charge in [0.25, 0.3) is 0 Å². The van der Waals surface area contributed by atoms with E-state index >= 15 is 0 Å². The summed E-state index contributed by atoms with van der Waals surface area (Å²) in [7, 11) is 0. The van der Waals surface area contributed by atoms with Gasteiger partial charge < -0.3 is 4.90 Å². The van der Waals surface area contributed by atoms with E-state index in [-0.39, 0.29) is 0 Å². The first-order chi connectivity index (χ1) is 26.3. The SMILES string of the molecule is c1ccc(-c2cccc(N(c3ccc(-c4cccc5ccccc45)cc3)c3ccc(-c4cc5c6ccccc6ccc5c5ccccc45)cc3)c2)cc1. The first-order valence-electron chi connectivity index (χ1n) is 18.3. The summed E-state index contributed by atoms with van der Waals surface area (Å²) in [6.07, 6.45) is 0. The number of fused-ring (bicyclic) bond motifs is 6. The largest absolute Gasteiger partial charge is 0.310 e. The normalized spacial score (nSPS) is 11.4. The van der Waals surface area contributed by atoms with E-state index in [0.717, 1.165) is 17.1 Å². The Balaban J connectivity index is 1.10. The smallest absolute Gasteiger partial charge is 0.0467 e. The Morgan fingerprint density at radius 1 is 0.226 bits per heavy atom. The van der Waals surface area contributed by atoms with Crippen molar-refractivity contribution in [2.75, 3.05) is 4.90 Å². The lowest BCUT2D eigenvalue weighted by atomic mass is 9.91. The maximum absolute atomic E-state index is 2.39. The Morgan fingerprint density at radius 2 is 0.755 bits per heavy atom. The fourth-order valence-electron chi connectivity index (χ4n) is 8.06. The number of rotatable bonds is 6. The lowest BCUT2D eigenvalue weighted by molar-refractivity contribution is 1.28. The minimum Gasteiger partial charge on any atom is -0.310 e. The van der Waals surface area contributed by atoms with E-state index in [1.54, 1.807) is 0 Å². The molecular formula is C52H35N. The predicted molar refractivity (Wildman–Crippen MR) is 227 cm³/mol. The molecule has 248 valence electrons. The Labute approximate surface area is 309 Å². The molecule has 0 N–H and O–H groups in total. The van der Waals surface area contributed by atoms with Crippen LogP contribution in [0.3, 0.4) is 0 Å². The van der Waals surface area contributed by atoms with Crippen LogP contribution in [-0.2, 0) is 0 Å². The van der Waals surface area contributed by atoms with Crippen molar-refractivity contribution in [2.45, 2.75) is 0 Å². The second-order valence-electron chi connectivity index (χ2n) is 13.7. The van der Waals surface area contributed by atoms with E-state index in [1.807, 2.05) is 0 Å². The Kier molecular flexibility index (Phi) is 7.55. The zero-order valence-corrected chi connectivity index (χ0v) is 29.2. The highest BCUT2D eigenvalue weighted by Gasteiger charge is 2.16. The van der Waals surface area contributed by atoms with Crippen molar-refractivity contribution in [3.63, 3.8) is 0 Å². The molecule has 0 bridgehead atoms. The summed E-state index contributed by atoms with van der Waals surface area (Å²) in [4.78, 5) is 2.37. The standard InChI is InChI=1S/C52H35N/c1-2-12-36(13-3-1)41-17-10-18-44(34-41)53(42-29-24-39(25-30-42)46-23-11-16-37-14-4-6-19-45(37)46)43-31-26-40(27-32-43)51-35-52-47-20-7-5-15-38(47)28-33-50(52)48-21-8-9-22-49(48)51/h1-35H. The highest BCUT2D eigenvalue weighted by atomic mass is 15.1. The molecule has 0 heterocycles. The molecule has 0 saturated carbocycles. The molecule has 1 heteroatoms. The Bertz CT molecular complexity index is 2920. The first-order valence-corrected chi connectivity index (χ1v) is 18.3. The number of hydrogen-bond acceptors (Lipinski definition) is 1. The van der Waals surface area contributed by atoms with Gasteiger partial charge in [-0.25, -0.2) is 0 Å². The quantitative estimate of drug-likeness (QED) is 0.159. The van der Waals surface area contributed by atoms with E-state index in [4.69, 9.17) is 0 Å². The van der Waals surface area contributed by atoms with Crippen LogP contribution < -0.4 is 4.90 Å². The third-order valence-corrected chi connectivity index (χ3v) is 10.6. The van der Waals surface area contributed by atoms with Crippen LogP contribution in [-0.4, -0.2) is 0 Å². The number of hydrogen-bond donors (Lipinski definition) is 0. The van der Waals surface area contributed by atoms with Crippen LogP contribution in [0.2, 0.25) is 0 Å². The minimum absolute atomic E-state index is 1.10. The van der Waals surface area contributed by atoms with Crippen molar-refractivity contribution in [2.24, 2.45) is 0 Å². The van der Waals surface area contributed by atoms with Crippen LogP contribution in [0.15, 0.2) is 212 Å². The molecule has 0 aliphatic heterocycles. The predicted octanol–water partition coefficient (Wildman–Crippen LogP) is 14.8. The molecule has 0 unspecified atom stereocenters. The first kappa shape index (κ1) is 30.8. The molecule has 53 heavy (non-hydrogen) atoms. The van der Waals surface area contributed by atoms with Gasteiger partial charge in [-0.05, 0) is 119 Å². The highest BCUT2D eigenvalue weighted by molar-refractivity contribution is 6.21. The van der Waals surface area contributed by atoms with E-state index in [2.05, 4.69) is 217 Å². The lowest BCUT2D eigenvalue weighted by Gasteiger charge is -2.26. The molecule has 10 rings (SSSR count). The van der Waals surface area contributed by atoms with Crippen LogP contribution in [0.1, 0.15) is 0 Å². The van der Waals surface area contributed by atoms with Gasteiger partial charge in [0.1, 0.15) is 0 Å². The number of nitrogens with zero attached hydrogens (tertiary/aromatic N) is 1. The maximum Gasteiger partial charge on any atom is 0.0467 e. The highest BCUT2D eigenvalue weighted by Crippen LogP contribution is 2.41. The van der Waals surface area contributed by atoms with Crippen LogP contribution in [0.25, 0.3) is 76.5 Å². The molecular weight excluding hydrogens is 639 g/mol. The molecule has 0 atom stereocenters. The maximum atomic E-state index is 2.39. The third kappa shape index (κ3) is 5.51. The van der Waals surface area contributed by atoms with Crippen molar-refractivity contribution in [3.05, 3.63) is 212 Å². The number of benzene rings is 10. The van der Waals surface area contributed by atoms with Gasteiger partial charge in [0.15, 0.2) is 0 Å². The third-order valence-electron chi connectivity index (χ3n) is 10.6. The summed E-state index contributed by atoms with van der Waals surface area (Å²) in [5, 5.41) is 10.2. The van der Waals surface area contributed by atoms with Crippen molar-refractivity contribution in [3.8, 4) is 33.4 Å². The minimum atomic E-state index is 1.10. The van der Waals surface area contributed by atoms with Crippen molar-refractivity contribution >= 4 is 60.2 Å². The zero-order chi connectivity index (χ0) is 35.1. The molecule has 0 aliphatic rings. The summed E-state index contributed by atoms with van der Waals surface area (Å²) in [6.45, 7) is 0. The summed E-state index contributed by atoms with van der Waals surface area (Å²) >= 11 is 0. The molecule has 10 aromatic carbocycles.